The van der Waals surface area contributed by atoms with Crippen LogP contribution in [0.1, 0.15) is 0 Å². The molecule has 1 heterocycles. The minimum absolute atomic E-state index is 0. The molecule has 6 N–H and O–H groups in total. The van der Waals surface area contributed by atoms with Gasteiger partial charge in [0.1, 0.15) is 18.3 Å². The van der Waals surface area contributed by atoms with Crippen LogP contribution >= 0.6 is 24.0 Å². The Kier molecular flexibility index (Phi) is 5.59. The molecule has 1 rings (SSSR count). The number of hydrogen-bond acceptors (Lipinski definition) is 6. The van der Waals surface area contributed by atoms with Crippen LogP contribution < -0.4 is 5.73 Å². The number of halogens is 1. The van der Waals surface area contributed by atoms with Crippen LogP contribution in [0.2, 0.25) is 0 Å². The Morgan fingerprint density at radius 3 is 2.15 bits per heavy atom. The van der Waals surface area contributed by atoms with E-state index in [-0.39, 0.29) is 24.0 Å². The van der Waals surface area contributed by atoms with E-state index in [2.05, 4.69) is 0 Å². The highest BCUT2D eigenvalue weighted by Gasteiger charge is 2.41. The van der Waals surface area contributed by atoms with E-state index in [4.69, 9.17) is 20.7 Å². The standard InChI is InChI=1S/C6H13NO5.HI/c7-3-5(10)4(9)2(1-8)12-6(3)11;/h2-6,8-11H,1,7H2;1H/t2-,3-,4+,5-,6?;/m1./s1. The molecule has 80 valence electrons. The SMILES string of the molecule is I.N[C@H]1C(O)O[C@H](CO)[C@H](O)[C@@H]1O. The summed E-state index contributed by atoms with van der Waals surface area (Å²) in [4.78, 5) is 0. The highest BCUT2D eigenvalue weighted by molar-refractivity contribution is 14.0. The molecule has 1 saturated heterocycles. The lowest BCUT2D eigenvalue weighted by molar-refractivity contribution is -0.248. The van der Waals surface area contributed by atoms with Crippen LogP contribution in [0.25, 0.3) is 0 Å². The summed E-state index contributed by atoms with van der Waals surface area (Å²) in [6.45, 7) is -0.470. The van der Waals surface area contributed by atoms with Crippen LogP contribution in [0.4, 0.5) is 0 Å². The molecule has 0 spiro atoms. The van der Waals surface area contributed by atoms with Crippen molar-refractivity contribution in [3.05, 3.63) is 0 Å². The van der Waals surface area contributed by atoms with E-state index in [1.807, 2.05) is 0 Å². The summed E-state index contributed by atoms with van der Waals surface area (Å²) in [6.07, 6.45) is -4.85. The van der Waals surface area contributed by atoms with E-state index in [0.29, 0.717) is 0 Å². The van der Waals surface area contributed by atoms with Crippen molar-refractivity contribution in [2.45, 2.75) is 30.6 Å². The lowest BCUT2D eigenvalue weighted by Gasteiger charge is -2.38. The molecule has 0 bridgehead atoms. The van der Waals surface area contributed by atoms with Crippen molar-refractivity contribution in [1.29, 1.82) is 0 Å². The summed E-state index contributed by atoms with van der Waals surface area (Å²) in [5, 5.41) is 36.1. The molecular formula is C6H14INO5. The van der Waals surface area contributed by atoms with E-state index < -0.39 is 37.3 Å². The molecule has 0 radical (unpaired) electrons. The highest BCUT2D eigenvalue weighted by atomic mass is 127. The van der Waals surface area contributed by atoms with Crippen molar-refractivity contribution in [2.75, 3.05) is 6.61 Å². The quantitative estimate of drug-likeness (QED) is 0.338. The van der Waals surface area contributed by atoms with Crippen molar-refractivity contribution in [3.8, 4) is 0 Å². The number of nitrogens with two attached hydrogens (primary N) is 1. The van der Waals surface area contributed by atoms with E-state index >= 15 is 0 Å². The van der Waals surface area contributed by atoms with Crippen molar-refractivity contribution < 1.29 is 25.2 Å². The Morgan fingerprint density at radius 1 is 1.15 bits per heavy atom. The third-order valence-corrected chi connectivity index (χ3v) is 1.95. The average Bonchev–Trinajstić information content (AvgIpc) is 2.08. The van der Waals surface area contributed by atoms with E-state index in [0.717, 1.165) is 0 Å². The van der Waals surface area contributed by atoms with Crippen LogP contribution in [0.5, 0.6) is 0 Å². The predicted molar refractivity (Wildman–Crippen MR) is 53.4 cm³/mol. The van der Waals surface area contributed by atoms with Gasteiger partial charge < -0.3 is 30.9 Å². The van der Waals surface area contributed by atoms with Gasteiger partial charge in [-0.25, -0.2) is 0 Å². The zero-order chi connectivity index (χ0) is 9.30. The molecule has 0 amide bonds. The van der Waals surface area contributed by atoms with Crippen LogP contribution in [-0.4, -0.2) is 57.7 Å². The van der Waals surface area contributed by atoms with Crippen molar-refractivity contribution in [3.63, 3.8) is 0 Å². The Morgan fingerprint density at radius 2 is 1.69 bits per heavy atom. The molecule has 13 heavy (non-hydrogen) atoms. The molecule has 0 saturated carbocycles. The predicted octanol–water partition coefficient (Wildman–Crippen LogP) is -2.64. The normalized spacial score (nSPS) is 45.5. The van der Waals surface area contributed by atoms with Gasteiger partial charge in [0.15, 0.2) is 6.29 Å². The topological polar surface area (TPSA) is 116 Å². The molecule has 0 aromatic rings. The van der Waals surface area contributed by atoms with Gasteiger partial charge in [-0.1, -0.05) is 0 Å². The summed E-state index contributed by atoms with van der Waals surface area (Å²) in [6, 6.07) is -1.04. The van der Waals surface area contributed by atoms with Crippen molar-refractivity contribution in [1.82, 2.24) is 0 Å². The van der Waals surface area contributed by atoms with Gasteiger partial charge in [0.05, 0.1) is 12.6 Å². The summed E-state index contributed by atoms with van der Waals surface area (Å²) in [5.41, 5.74) is 5.26. The average molecular weight is 307 g/mol. The molecule has 7 heteroatoms. The van der Waals surface area contributed by atoms with Crippen molar-refractivity contribution >= 4 is 24.0 Å². The maximum absolute atomic E-state index is 9.20. The third kappa shape index (κ3) is 2.72. The highest BCUT2D eigenvalue weighted by Crippen LogP contribution is 2.17. The third-order valence-electron chi connectivity index (χ3n) is 1.95. The Labute approximate surface area is 92.3 Å². The second kappa shape index (κ2) is 5.39. The minimum Gasteiger partial charge on any atom is -0.394 e. The first-order valence-corrected chi connectivity index (χ1v) is 3.64. The molecule has 0 aromatic carbocycles. The van der Waals surface area contributed by atoms with Gasteiger partial charge in [0, 0.05) is 0 Å². The molecule has 1 fully saturated rings. The lowest BCUT2D eigenvalue weighted by Crippen LogP contribution is -2.61. The summed E-state index contributed by atoms with van der Waals surface area (Å²) < 4.78 is 4.70. The Balaban J connectivity index is 0.00000144. The summed E-state index contributed by atoms with van der Waals surface area (Å²) in [5.74, 6) is 0. The maximum atomic E-state index is 9.20. The number of aliphatic hydroxyl groups is 4. The molecule has 5 atom stereocenters. The van der Waals surface area contributed by atoms with E-state index in [1.54, 1.807) is 0 Å². The van der Waals surface area contributed by atoms with Gasteiger partial charge >= 0.3 is 0 Å². The van der Waals surface area contributed by atoms with Crippen molar-refractivity contribution in [2.24, 2.45) is 5.73 Å². The first-order valence-electron chi connectivity index (χ1n) is 3.64. The van der Waals surface area contributed by atoms with Crippen LogP contribution in [0, 0.1) is 0 Å². The monoisotopic (exact) mass is 307 g/mol. The Hall–Kier alpha value is 0.490. The molecule has 0 aliphatic carbocycles. The number of hydrogen-bond donors (Lipinski definition) is 5. The maximum Gasteiger partial charge on any atom is 0.173 e. The second-order valence-corrected chi connectivity index (χ2v) is 2.81. The number of rotatable bonds is 1. The fourth-order valence-corrected chi connectivity index (χ4v) is 1.12. The van der Waals surface area contributed by atoms with Crippen LogP contribution in [0.15, 0.2) is 0 Å². The van der Waals surface area contributed by atoms with Crippen LogP contribution in [0.3, 0.4) is 0 Å². The van der Waals surface area contributed by atoms with Gasteiger partial charge in [0.25, 0.3) is 0 Å². The lowest BCUT2D eigenvalue weighted by atomic mass is 9.98. The molecule has 1 unspecified atom stereocenters. The zero-order valence-electron chi connectivity index (χ0n) is 6.78. The van der Waals surface area contributed by atoms with E-state index in [9.17, 15) is 10.2 Å². The largest absolute Gasteiger partial charge is 0.394 e. The van der Waals surface area contributed by atoms with Gasteiger partial charge in [-0.05, 0) is 0 Å². The van der Waals surface area contributed by atoms with Gasteiger partial charge in [-0.3, -0.25) is 0 Å². The molecule has 1 aliphatic rings. The molecule has 1 aliphatic heterocycles. The van der Waals surface area contributed by atoms with Gasteiger partial charge in [0.2, 0.25) is 0 Å². The second-order valence-electron chi connectivity index (χ2n) is 2.81. The first kappa shape index (κ1) is 13.5. The smallest absolute Gasteiger partial charge is 0.173 e. The number of aliphatic hydroxyl groups excluding tert-OH is 4. The Bertz CT molecular complexity index is 155. The molecule has 6 nitrogen and oxygen atoms in total. The number of ether oxygens (including phenoxy) is 1. The fourth-order valence-electron chi connectivity index (χ4n) is 1.12. The van der Waals surface area contributed by atoms with Gasteiger partial charge in [-0.2, -0.15) is 0 Å². The van der Waals surface area contributed by atoms with Crippen LogP contribution in [-0.2, 0) is 4.74 Å². The minimum atomic E-state index is -1.35. The summed E-state index contributed by atoms with van der Waals surface area (Å²) in [7, 11) is 0. The molecular weight excluding hydrogens is 293 g/mol. The fraction of sp³-hybridized carbons (Fsp3) is 1.00. The molecule has 0 aromatic heterocycles. The van der Waals surface area contributed by atoms with E-state index in [1.165, 1.54) is 0 Å². The summed E-state index contributed by atoms with van der Waals surface area (Å²) >= 11 is 0. The first-order chi connectivity index (χ1) is 5.57. The zero-order valence-corrected chi connectivity index (χ0v) is 9.11. The van der Waals surface area contributed by atoms with Gasteiger partial charge in [-0.15, -0.1) is 24.0 Å².